The van der Waals surface area contributed by atoms with Crippen molar-refractivity contribution < 1.29 is 39.0 Å². The highest BCUT2D eigenvalue weighted by Gasteiger charge is 2.68. The lowest BCUT2D eigenvalue weighted by molar-refractivity contribution is -0.180. The number of likely N-dealkylation sites (N-methyl/N-ethyl adjacent to an activating group) is 1. The van der Waals surface area contributed by atoms with Crippen LogP contribution in [-0.4, -0.2) is 82.1 Å². The first-order valence-corrected chi connectivity index (χ1v) is 11.4. The van der Waals surface area contributed by atoms with Crippen molar-refractivity contribution in [2.24, 2.45) is 29.4 Å². The molecule has 35 heavy (non-hydrogen) atoms. The number of Topliss-reactive ketones (excluding diaryl/α,β-unsaturated/α-hetero) is 6. The van der Waals surface area contributed by atoms with Crippen LogP contribution in [0.1, 0.15) is 56.9 Å². The normalized spacial score (nSPS) is 32.3. The van der Waals surface area contributed by atoms with Gasteiger partial charge in [0.1, 0.15) is 5.75 Å². The highest BCUT2D eigenvalue weighted by atomic mass is 16.3. The molecule has 0 amide bonds. The molecule has 1 aromatic rings. The number of hydrogen-bond donors (Lipinski definition) is 3. The number of aliphatic hydroxyl groups is 1. The maximum Gasteiger partial charge on any atom is 0.187 e. The van der Waals surface area contributed by atoms with Crippen LogP contribution in [0.25, 0.3) is 0 Å². The largest absolute Gasteiger partial charge is 0.506 e. The third kappa shape index (κ3) is 3.27. The van der Waals surface area contributed by atoms with E-state index in [0.29, 0.717) is 0 Å². The van der Waals surface area contributed by atoms with Crippen molar-refractivity contribution in [3.8, 4) is 5.75 Å². The molecule has 2 saturated carbocycles. The quantitative estimate of drug-likeness (QED) is 0.382. The number of carbonyl (C=O) groups is 6. The fourth-order valence-electron chi connectivity index (χ4n) is 6.29. The van der Waals surface area contributed by atoms with Crippen molar-refractivity contribution in [1.82, 2.24) is 4.90 Å². The Hall–Kier alpha value is -3.08. The Labute approximate surface area is 201 Å². The lowest BCUT2D eigenvalue weighted by Crippen LogP contribution is -2.73. The van der Waals surface area contributed by atoms with Gasteiger partial charge in [0.05, 0.1) is 29.0 Å². The summed E-state index contributed by atoms with van der Waals surface area (Å²) >= 11 is 0. The van der Waals surface area contributed by atoms with Gasteiger partial charge in [0, 0.05) is 18.0 Å². The second-order valence-corrected chi connectivity index (χ2v) is 10.0. The van der Waals surface area contributed by atoms with Gasteiger partial charge in [-0.1, -0.05) is 0 Å². The maximum atomic E-state index is 13.8. The molecule has 2 unspecified atom stereocenters. The van der Waals surface area contributed by atoms with Crippen LogP contribution < -0.4 is 5.73 Å². The molecule has 0 saturated heterocycles. The number of nitrogens with two attached hydrogens (primary N) is 1. The van der Waals surface area contributed by atoms with E-state index in [0.717, 1.165) is 0 Å². The highest BCUT2D eigenvalue weighted by Crippen LogP contribution is 2.51. The standard InChI is InChI=1S/C25H28N2O8/c1-9(28)12-7-13(10(2)29)20(30)18-14(12)5-11-6-16-19(27(3)4)21(31)15(8-26)23(33)25(16,35)24(34)17(11)22(18)32/h7,11,15-17,19,30,35H,5-6,8,26H2,1-4H3/t11-,15?,16-,17?,19-,25+/m0/s1. The highest BCUT2D eigenvalue weighted by molar-refractivity contribution is 6.27. The first-order chi connectivity index (χ1) is 16.3. The third-order valence-corrected chi connectivity index (χ3v) is 7.88. The number of nitrogens with zero attached hydrogens (tertiary/aromatic N) is 1. The fraction of sp³-hybridized carbons (Fsp3) is 0.520. The minimum absolute atomic E-state index is 0.0116. The Morgan fingerprint density at radius 1 is 1.09 bits per heavy atom. The van der Waals surface area contributed by atoms with E-state index < -0.39 is 75.8 Å². The summed E-state index contributed by atoms with van der Waals surface area (Å²) in [6.07, 6.45) is 0.00976. The van der Waals surface area contributed by atoms with E-state index >= 15 is 0 Å². The lowest BCUT2D eigenvalue weighted by Gasteiger charge is -2.53. The summed E-state index contributed by atoms with van der Waals surface area (Å²) in [6.45, 7) is 2.05. The summed E-state index contributed by atoms with van der Waals surface area (Å²) in [5.74, 6) is -9.70. The molecule has 0 bridgehead atoms. The van der Waals surface area contributed by atoms with E-state index in [2.05, 4.69) is 0 Å². The van der Waals surface area contributed by atoms with Crippen LogP contribution in [0.5, 0.6) is 5.75 Å². The van der Waals surface area contributed by atoms with Crippen LogP contribution in [0.4, 0.5) is 0 Å². The summed E-state index contributed by atoms with van der Waals surface area (Å²) < 4.78 is 0. The second kappa shape index (κ2) is 8.25. The topological polar surface area (TPSA) is 172 Å². The Morgan fingerprint density at radius 2 is 1.69 bits per heavy atom. The number of phenols is 1. The monoisotopic (exact) mass is 484 g/mol. The average Bonchev–Trinajstić information content (AvgIpc) is 2.76. The summed E-state index contributed by atoms with van der Waals surface area (Å²) in [5.41, 5.74) is 2.84. The molecule has 4 rings (SSSR count). The van der Waals surface area contributed by atoms with Crippen LogP contribution in [0, 0.1) is 23.7 Å². The molecule has 3 aliphatic rings. The van der Waals surface area contributed by atoms with Crippen LogP contribution >= 0.6 is 0 Å². The van der Waals surface area contributed by atoms with E-state index in [1.165, 1.54) is 24.8 Å². The number of fused-ring (bicyclic) bond motifs is 3. The zero-order chi connectivity index (χ0) is 26.1. The van der Waals surface area contributed by atoms with Gasteiger partial charge in [0.2, 0.25) is 0 Å². The number of ketones is 6. The van der Waals surface area contributed by atoms with Crippen molar-refractivity contribution in [2.75, 3.05) is 20.6 Å². The van der Waals surface area contributed by atoms with Crippen LogP contribution in [0.3, 0.4) is 0 Å². The van der Waals surface area contributed by atoms with Gasteiger partial charge in [0.25, 0.3) is 0 Å². The molecule has 10 nitrogen and oxygen atoms in total. The summed E-state index contributed by atoms with van der Waals surface area (Å²) in [7, 11) is 3.19. The Balaban J connectivity index is 1.92. The smallest absolute Gasteiger partial charge is 0.187 e. The molecule has 3 aliphatic carbocycles. The number of phenolic OH excluding ortho intramolecular Hbond substituents is 1. The van der Waals surface area contributed by atoms with Gasteiger partial charge in [-0.05, 0) is 58.3 Å². The van der Waals surface area contributed by atoms with E-state index in [1.807, 2.05) is 0 Å². The predicted octanol–water partition coefficient (Wildman–Crippen LogP) is -0.254. The molecule has 10 heteroatoms. The van der Waals surface area contributed by atoms with Gasteiger partial charge in [-0.15, -0.1) is 0 Å². The van der Waals surface area contributed by atoms with E-state index in [4.69, 9.17) is 5.73 Å². The molecule has 0 aliphatic heterocycles. The summed E-state index contributed by atoms with van der Waals surface area (Å²) in [4.78, 5) is 79.7. The Kier molecular flexibility index (Phi) is 5.90. The molecular weight excluding hydrogens is 456 g/mol. The van der Waals surface area contributed by atoms with Crippen molar-refractivity contribution in [3.63, 3.8) is 0 Å². The van der Waals surface area contributed by atoms with Gasteiger partial charge in [-0.25, -0.2) is 0 Å². The minimum atomic E-state index is -2.60. The first-order valence-electron chi connectivity index (χ1n) is 11.4. The lowest BCUT2D eigenvalue weighted by atomic mass is 9.52. The van der Waals surface area contributed by atoms with Crippen molar-refractivity contribution >= 4 is 34.7 Å². The van der Waals surface area contributed by atoms with Crippen molar-refractivity contribution in [2.45, 2.75) is 38.3 Å². The number of benzene rings is 1. The van der Waals surface area contributed by atoms with E-state index in [-0.39, 0.29) is 41.6 Å². The number of aromatic hydroxyl groups is 1. The van der Waals surface area contributed by atoms with E-state index in [9.17, 15) is 39.0 Å². The molecule has 6 atom stereocenters. The number of carbonyl (C=O) groups excluding carboxylic acids is 6. The SMILES string of the molecule is CC(=O)c1cc(C(C)=O)c2c(c1O)C(=O)C1C(=O)[C@]3(O)C(=O)C(CN)C(=O)[C@@H](N(C)C)[C@@H]3C[C@@H]1C2. The molecule has 0 radical (unpaired) electrons. The Morgan fingerprint density at radius 3 is 2.20 bits per heavy atom. The molecule has 0 heterocycles. The maximum absolute atomic E-state index is 13.8. The third-order valence-electron chi connectivity index (χ3n) is 7.88. The molecular formula is C25H28N2O8. The van der Waals surface area contributed by atoms with Gasteiger partial charge in [0.15, 0.2) is 40.3 Å². The average molecular weight is 485 g/mol. The number of hydrogen-bond acceptors (Lipinski definition) is 10. The van der Waals surface area contributed by atoms with Gasteiger partial charge < -0.3 is 15.9 Å². The zero-order valence-electron chi connectivity index (χ0n) is 20.0. The fourth-order valence-corrected chi connectivity index (χ4v) is 6.29. The minimum Gasteiger partial charge on any atom is -0.506 e. The van der Waals surface area contributed by atoms with Gasteiger partial charge >= 0.3 is 0 Å². The molecule has 0 aromatic heterocycles. The Bertz CT molecular complexity index is 1220. The van der Waals surface area contributed by atoms with Crippen LogP contribution in [0.15, 0.2) is 6.07 Å². The first kappa shape index (κ1) is 25.0. The van der Waals surface area contributed by atoms with Crippen LogP contribution in [-0.2, 0) is 20.8 Å². The zero-order valence-corrected chi connectivity index (χ0v) is 20.0. The molecule has 2 fully saturated rings. The molecule has 0 spiro atoms. The van der Waals surface area contributed by atoms with Gasteiger partial charge in [-0.3, -0.25) is 33.7 Å². The van der Waals surface area contributed by atoms with Crippen molar-refractivity contribution in [3.05, 3.63) is 28.3 Å². The second-order valence-electron chi connectivity index (χ2n) is 10.0. The molecule has 186 valence electrons. The van der Waals surface area contributed by atoms with Crippen molar-refractivity contribution in [1.29, 1.82) is 0 Å². The summed E-state index contributed by atoms with van der Waals surface area (Å²) in [5, 5.41) is 22.3. The molecule has 1 aromatic carbocycles. The summed E-state index contributed by atoms with van der Waals surface area (Å²) in [6, 6.07) is 0.267. The van der Waals surface area contributed by atoms with Gasteiger partial charge in [-0.2, -0.15) is 0 Å². The number of rotatable bonds is 4. The van der Waals surface area contributed by atoms with E-state index in [1.54, 1.807) is 14.1 Å². The van der Waals surface area contributed by atoms with Crippen LogP contribution in [0.2, 0.25) is 0 Å². The molecule has 4 N–H and O–H groups in total. The predicted molar refractivity (Wildman–Crippen MR) is 121 cm³/mol.